The topological polar surface area (TPSA) is 38.9 Å². The fourth-order valence-electron chi connectivity index (χ4n) is 1.28. The van der Waals surface area contributed by atoms with Gasteiger partial charge in [-0.1, -0.05) is 42.4 Å². The molecule has 0 aliphatic heterocycles. The van der Waals surface area contributed by atoms with E-state index in [1.54, 1.807) is 0 Å². The summed E-state index contributed by atoms with van der Waals surface area (Å²) in [6, 6.07) is 9.68. The van der Waals surface area contributed by atoms with Gasteiger partial charge in [0.05, 0.1) is 0 Å². The van der Waals surface area contributed by atoms with Crippen LogP contribution in [0.5, 0.6) is 0 Å². The Bertz CT molecular complexity index is 427. The third-order valence-corrected chi connectivity index (χ3v) is 2.55. The van der Waals surface area contributed by atoms with Crippen molar-refractivity contribution >= 4 is 11.6 Å². The third-order valence-electron chi connectivity index (χ3n) is 2.11. The van der Waals surface area contributed by atoms with Crippen LogP contribution in [0.3, 0.4) is 0 Å². The van der Waals surface area contributed by atoms with Crippen molar-refractivity contribution in [3.8, 4) is 0 Å². The molecule has 78 valence electrons. The van der Waals surface area contributed by atoms with E-state index in [-0.39, 0.29) is 5.38 Å². The molecule has 2 aromatic rings. The second kappa shape index (κ2) is 4.45. The van der Waals surface area contributed by atoms with Gasteiger partial charge >= 0.3 is 0 Å². The molecule has 2 rings (SSSR count). The average Bonchev–Trinajstić information content (AvgIpc) is 2.78. The first-order valence-electron chi connectivity index (χ1n) is 4.82. The summed E-state index contributed by atoms with van der Waals surface area (Å²) in [5.41, 5.74) is 0.963. The number of hydrogen-bond donors (Lipinski definition) is 0. The predicted octanol–water partition coefficient (Wildman–Crippen LogP) is 2.96. The van der Waals surface area contributed by atoms with Crippen molar-refractivity contribution in [2.24, 2.45) is 0 Å². The van der Waals surface area contributed by atoms with Crippen LogP contribution < -0.4 is 0 Å². The van der Waals surface area contributed by atoms with Crippen LogP contribution in [0.2, 0.25) is 0 Å². The van der Waals surface area contributed by atoms with Crippen molar-refractivity contribution in [1.29, 1.82) is 0 Å². The summed E-state index contributed by atoms with van der Waals surface area (Å²) in [4.78, 5) is 4.20. The maximum absolute atomic E-state index is 6.21. The van der Waals surface area contributed by atoms with E-state index in [0.717, 1.165) is 12.0 Å². The predicted molar refractivity (Wildman–Crippen MR) is 57.8 cm³/mol. The van der Waals surface area contributed by atoms with E-state index in [4.69, 9.17) is 16.1 Å². The zero-order valence-electron chi connectivity index (χ0n) is 8.35. The summed E-state index contributed by atoms with van der Waals surface area (Å²) < 4.78 is 5.08. The highest BCUT2D eigenvalue weighted by Gasteiger charge is 2.17. The van der Waals surface area contributed by atoms with Crippen LogP contribution in [-0.4, -0.2) is 10.1 Å². The largest absolute Gasteiger partial charge is 0.337 e. The van der Waals surface area contributed by atoms with Crippen LogP contribution in [0.4, 0.5) is 0 Å². The number of benzene rings is 1. The van der Waals surface area contributed by atoms with Crippen LogP contribution in [-0.2, 0) is 6.42 Å². The molecule has 3 nitrogen and oxygen atoms in total. The number of hydrogen-bond acceptors (Lipinski definition) is 3. The zero-order chi connectivity index (χ0) is 10.7. The van der Waals surface area contributed by atoms with Gasteiger partial charge in [0.1, 0.15) is 5.38 Å². The van der Waals surface area contributed by atoms with Crippen LogP contribution in [0, 0.1) is 0 Å². The second-order valence-electron chi connectivity index (χ2n) is 3.18. The molecule has 0 fully saturated rings. The maximum Gasteiger partial charge on any atom is 0.249 e. The van der Waals surface area contributed by atoms with E-state index in [0.29, 0.717) is 11.7 Å². The van der Waals surface area contributed by atoms with Crippen LogP contribution in [0.15, 0.2) is 34.9 Å². The summed E-state index contributed by atoms with van der Waals surface area (Å²) >= 11 is 6.21. The lowest BCUT2D eigenvalue weighted by molar-refractivity contribution is 0.377. The minimum absolute atomic E-state index is 0.362. The van der Waals surface area contributed by atoms with Gasteiger partial charge in [-0.25, -0.2) is 0 Å². The molecule has 0 aliphatic rings. The summed E-state index contributed by atoms with van der Waals surface area (Å²) in [5.74, 6) is 1.14. The lowest BCUT2D eigenvalue weighted by Gasteiger charge is -2.03. The van der Waals surface area contributed by atoms with E-state index < -0.39 is 0 Å². The summed E-state index contributed by atoms with van der Waals surface area (Å²) in [6.07, 6.45) is 0.752. The van der Waals surface area contributed by atoms with E-state index in [9.17, 15) is 0 Å². The molecule has 0 N–H and O–H groups in total. The summed E-state index contributed by atoms with van der Waals surface area (Å²) in [6.45, 7) is 1.97. The van der Waals surface area contributed by atoms with E-state index in [1.165, 1.54) is 0 Å². The fraction of sp³-hybridized carbons (Fsp3) is 0.273. The minimum Gasteiger partial charge on any atom is -0.337 e. The van der Waals surface area contributed by atoms with E-state index >= 15 is 0 Å². The lowest BCUT2D eigenvalue weighted by atomic mass is 10.1. The van der Waals surface area contributed by atoms with Crippen molar-refractivity contribution in [2.45, 2.75) is 18.7 Å². The lowest BCUT2D eigenvalue weighted by Crippen LogP contribution is -1.93. The third kappa shape index (κ3) is 2.18. The molecule has 1 aromatic heterocycles. The Morgan fingerprint density at radius 3 is 2.67 bits per heavy atom. The molecular formula is C11H11ClN2O. The summed E-state index contributed by atoms with van der Waals surface area (Å²) in [5, 5.41) is 3.45. The fourth-order valence-corrected chi connectivity index (χ4v) is 1.51. The first-order chi connectivity index (χ1) is 7.31. The summed E-state index contributed by atoms with van der Waals surface area (Å²) in [7, 11) is 0. The molecule has 0 saturated heterocycles. The molecule has 0 saturated carbocycles. The van der Waals surface area contributed by atoms with Crippen molar-refractivity contribution in [3.63, 3.8) is 0 Å². The number of aromatic nitrogens is 2. The first-order valence-corrected chi connectivity index (χ1v) is 5.26. The highest BCUT2D eigenvalue weighted by molar-refractivity contribution is 6.22. The number of aryl methyl sites for hydroxylation is 1. The van der Waals surface area contributed by atoms with Crippen molar-refractivity contribution in [2.75, 3.05) is 0 Å². The SMILES string of the molecule is CCc1noc(C(Cl)c2ccccc2)n1. The maximum atomic E-state index is 6.21. The molecule has 0 amide bonds. The minimum atomic E-state index is -0.362. The molecule has 1 unspecified atom stereocenters. The smallest absolute Gasteiger partial charge is 0.249 e. The van der Waals surface area contributed by atoms with Gasteiger partial charge in [0.2, 0.25) is 5.89 Å². The molecule has 1 heterocycles. The van der Waals surface area contributed by atoms with Gasteiger partial charge in [0.15, 0.2) is 5.82 Å². The quantitative estimate of drug-likeness (QED) is 0.750. The Kier molecular flexibility index (Phi) is 3.02. The first kappa shape index (κ1) is 10.2. The normalized spacial score (nSPS) is 12.7. The average molecular weight is 223 g/mol. The van der Waals surface area contributed by atoms with Gasteiger partial charge in [-0.3, -0.25) is 0 Å². The highest BCUT2D eigenvalue weighted by Crippen LogP contribution is 2.26. The van der Waals surface area contributed by atoms with E-state index in [2.05, 4.69) is 10.1 Å². The van der Waals surface area contributed by atoms with Gasteiger partial charge in [-0.15, -0.1) is 11.6 Å². The molecule has 1 aromatic carbocycles. The number of halogens is 1. The molecule has 4 heteroatoms. The van der Waals surface area contributed by atoms with Gasteiger partial charge in [0.25, 0.3) is 0 Å². The highest BCUT2D eigenvalue weighted by atomic mass is 35.5. The Labute approximate surface area is 93.1 Å². The second-order valence-corrected chi connectivity index (χ2v) is 3.61. The van der Waals surface area contributed by atoms with Crippen molar-refractivity contribution in [1.82, 2.24) is 10.1 Å². The van der Waals surface area contributed by atoms with Crippen molar-refractivity contribution in [3.05, 3.63) is 47.6 Å². The van der Waals surface area contributed by atoms with Gasteiger partial charge in [-0.05, 0) is 5.56 Å². The van der Waals surface area contributed by atoms with Gasteiger partial charge in [0, 0.05) is 6.42 Å². The Hall–Kier alpha value is -1.35. The van der Waals surface area contributed by atoms with Crippen LogP contribution in [0.25, 0.3) is 0 Å². The molecule has 0 bridgehead atoms. The Morgan fingerprint density at radius 1 is 1.33 bits per heavy atom. The van der Waals surface area contributed by atoms with Gasteiger partial charge in [-0.2, -0.15) is 4.98 Å². The Morgan fingerprint density at radius 2 is 2.07 bits per heavy atom. The molecule has 0 spiro atoms. The molecule has 0 radical (unpaired) electrons. The van der Waals surface area contributed by atoms with Gasteiger partial charge < -0.3 is 4.52 Å². The Balaban J connectivity index is 2.24. The molecule has 0 aliphatic carbocycles. The molecule has 15 heavy (non-hydrogen) atoms. The van der Waals surface area contributed by atoms with E-state index in [1.807, 2.05) is 37.3 Å². The molecular weight excluding hydrogens is 212 g/mol. The zero-order valence-corrected chi connectivity index (χ0v) is 9.11. The van der Waals surface area contributed by atoms with Crippen LogP contribution in [0.1, 0.15) is 29.6 Å². The molecule has 1 atom stereocenters. The standard InChI is InChI=1S/C11H11ClN2O/c1-2-9-13-11(15-14-9)10(12)8-6-4-3-5-7-8/h3-7,10H,2H2,1H3. The number of rotatable bonds is 3. The monoisotopic (exact) mass is 222 g/mol. The van der Waals surface area contributed by atoms with Crippen LogP contribution >= 0.6 is 11.6 Å². The van der Waals surface area contributed by atoms with Crippen molar-refractivity contribution < 1.29 is 4.52 Å². The number of nitrogens with zero attached hydrogens (tertiary/aromatic N) is 2. The number of alkyl halides is 1.